The highest BCUT2D eigenvalue weighted by molar-refractivity contribution is 6.05. The number of amides is 1. The third-order valence-corrected chi connectivity index (χ3v) is 2.63. The van der Waals surface area contributed by atoms with Crippen molar-refractivity contribution in [2.75, 3.05) is 18.2 Å². The van der Waals surface area contributed by atoms with E-state index in [4.69, 9.17) is 10.5 Å². The summed E-state index contributed by atoms with van der Waals surface area (Å²) in [5.74, 6) is 0.708. The number of benzene rings is 1. The van der Waals surface area contributed by atoms with E-state index in [1.54, 1.807) is 24.3 Å². The molecule has 0 unspecified atom stereocenters. The van der Waals surface area contributed by atoms with E-state index >= 15 is 0 Å². The molecule has 1 amide bonds. The second-order valence-corrected chi connectivity index (χ2v) is 4.13. The third kappa shape index (κ3) is 3.01. The van der Waals surface area contributed by atoms with Gasteiger partial charge < -0.3 is 15.8 Å². The van der Waals surface area contributed by atoms with Crippen molar-refractivity contribution in [2.24, 2.45) is 0 Å². The predicted molar refractivity (Wildman–Crippen MR) is 74.3 cm³/mol. The first-order valence-electron chi connectivity index (χ1n) is 5.77. The normalized spacial score (nSPS) is 10.0. The van der Waals surface area contributed by atoms with Crippen LogP contribution in [-0.2, 0) is 0 Å². The first-order valence-corrected chi connectivity index (χ1v) is 5.77. The van der Waals surface area contributed by atoms with E-state index in [0.29, 0.717) is 22.8 Å². The second kappa shape index (κ2) is 5.39. The largest absolute Gasteiger partial charge is 0.496 e. The van der Waals surface area contributed by atoms with Gasteiger partial charge in [0.15, 0.2) is 0 Å². The molecule has 2 aromatic rings. The average Bonchev–Trinajstić information content (AvgIpc) is 2.41. The third-order valence-electron chi connectivity index (χ3n) is 2.63. The van der Waals surface area contributed by atoms with Crippen molar-refractivity contribution in [1.82, 2.24) is 4.98 Å². The Morgan fingerprint density at radius 2 is 2.11 bits per heavy atom. The molecule has 3 N–H and O–H groups in total. The van der Waals surface area contributed by atoms with Crippen LogP contribution in [0.1, 0.15) is 15.9 Å². The molecule has 1 aromatic carbocycles. The highest BCUT2D eigenvalue weighted by atomic mass is 16.5. The number of nitrogens with zero attached hydrogens (tertiary/aromatic N) is 1. The van der Waals surface area contributed by atoms with E-state index < -0.39 is 0 Å². The molecule has 0 atom stereocenters. The molecule has 0 aliphatic heterocycles. The average molecular weight is 257 g/mol. The van der Waals surface area contributed by atoms with Crippen LogP contribution in [0.15, 0.2) is 36.5 Å². The van der Waals surface area contributed by atoms with Gasteiger partial charge in [0.1, 0.15) is 11.6 Å². The van der Waals surface area contributed by atoms with Crippen LogP contribution in [0.5, 0.6) is 5.75 Å². The Balaban J connectivity index is 2.24. The van der Waals surface area contributed by atoms with Crippen LogP contribution >= 0.6 is 0 Å². The van der Waals surface area contributed by atoms with Crippen LogP contribution in [-0.4, -0.2) is 18.0 Å². The number of pyridine rings is 1. The first-order chi connectivity index (χ1) is 9.10. The molecule has 2 rings (SSSR count). The number of anilines is 2. The minimum atomic E-state index is -0.266. The number of methoxy groups -OCH3 is 1. The maximum Gasteiger partial charge on any atom is 0.260 e. The molecular weight excluding hydrogens is 242 g/mol. The standard InChI is InChI=1S/C14H15N3O2/c1-9-3-5-12(19-2)11(7-9)14(18)17-13-6-4-10(15)8-16-13/h3-8H,15H2,1-2H3,(H,16,17,18). The van der Waals surface area contributed by atoms with E-state index in [9.17, 15) is 4.79 Å². The van der Waals surface area contributed by atoms with Gasteiger partial charge in [-0.05, 0) is 31.2 Å². The quantitative estimate of drug-likeness (QED) is 0.884. The molecule has 19 heavy (non-hydrogen) atoms. The summed E-state index contributed by atoms with van der Waals surface area (Å²) in [4.78, 5) is 16.2. The summed E-state index contributed by atoms with van der Waals surface area (Å²) in [7, 11) is 1.53. The number of aromatic nitrogens is 1. The number of carbonyl (C=O) groups excluding carboxylic acids is 1. The van der Waals surface area contributed by atoms with E-state index in [1.165, 1.54) is 13.3 Å². The summed E-state index contributed by atoms with van der Waals surface area (Å²) in [6.45, 7) is 1.91. The molecule has 0 bridgehead atoms. The van der Waals surface area contributed by atoms with Crippen molar-refractivity contribution in [2.45, 2.75) is 6.92 Å². The predicted octanol–water partition coefficient (Wildman–Crippen LogP) is 2.23. The van der Waals surface area contributed by atoms with Gasteiger partial charge in [-0.3, -0.25) is 4.79 Å². The fraction of sp³-hybridized carbons (Fsp3) is 0.143. The van der Waals surface area contributed by atoms with Crippen molar-refractivity contribution in [3.63, 3.8) is 0 Å². The summed E-state index contributed by atoms with van der Waals surface area (Å²) in [5, 5.41) is 2.70. The molecule has 0 saturated heterocycles. The number of hydrogen-bond acceptors (Lipinski definition) is 4. The number of nitrogen functional groups attached to an aromatic ring is 1. The SMILES string of the molecule is COc1ccc(C)cc1C(=O)Nc1ccc(N)cn1. The Morgan fingerprint density at radius 3 is 2.74 bits per heavy atom. The van der Waals surface area contributed by atoms with E-state index in [-0.39, 0.29) is 5.91 Å². The fourth-order valence-corrected chi connectivity index (χ4v) is 1.66. The van der Waals surface area contributed by atoms with Crippen LogP contribution < -0.4 is 15.8 Å². The minimum absolute atomic E-state index is 0.266. The van der Waals surface area contributed by atoms with Gasteiger partial charge in [-0.15, -0.1) is 0 Å². The molecule has 1 heterocycles. The Labute approximate surface area is 111 Å². The van der Waals surface area contributed by atoms with Gasteiger partial charge in [-0.1, -0.05) is 11.6 Å². The van der Waals surface area contributed by atoms with Gasteiger partial charge in [0.2, 0.25) is 0 Å². The highest BCUT2D eigenvalue weighted by Gasteiger charge is 2.13. The fourth-order valence-electron chi connectivity index (χ4n) is 1.66. The Bertz CT molecular complexity index is 594. The summed E-state index contributed by atoms with van der Waals surface area (Å²) < 4.78 is 5.18. The van der Waals surface area contributed by atoms with Crippen LogP contribution in [0.3, 0.4) is 0 Å². The molecule has 0 aliphatic rings. The number of ether oxygens (including phenoxy) is 1. The Hall–Kier alpha value is -2.56. The number of hydrogen-bond donors (Lipinski definition) is 2. The van der Waals surface area contributed by atoms with Crippen molar-refractivity contribution in [3.8, 4) is 5.75 Å². The Morgan fingerprint density at radius 1 is 1.32 bits per heavy atom. The lowest BCUT2D eigenvalue weighted by atomic mass is 10.1. The second-order valence-electron chi connectivity index (χ2n) is 4.13. The van der Waals surface area contributed by atoms with E-state index in [2.05, 4.69) is 10.3 Å². The lowest BCUT2D eigenvalue weighted by Gasteiger charge is -2.09. The van der Waals surface area contributed by atoms with Crippen molar-refractivity contribution >= 4 is 17.4 Å². The van der Waals surface area contributed by atoms with Gasteiger partial charge in [0.25, 0.3) is 5.91 Å². The van der Waals surface area contributed by atoms with Crippen LogP contribution in [0.2, 0.25) is 0 Å². The number of aryl methyl sites for hydroxylation is 1. The van der Waals surface area contributed by atoms with Gasteiger partial charge in [-0.25, -0.2) is 4.98 Å². The summed E-state index contributed by atoms with van der Waals surface area (Å²) >= 11 is 0. The zero-order valence-corrected chi connectivity index (χ0v) is 10.8. The van der Waals surface area contributed by atoms with Gasteiger partial charge in [-0.2, -0.15) is 0 Å². The van der Waals surface area contributed by atoms with Crippen LogP contribution in [0, 0.1) is 6.92 Å². The molecule has 0 saturated carbocycles. The molecular formula is C14H15N3O2. The molecule has 5 heteroatoms. The van der Waals surface area contributed by atoms with E-state index in [0.717, 1.165) is 5.56 Å². The molecule has 0 radical (unpaired) electrons. The highest BCUT2D eigenvalue weighted by Crippen LogP contribution is 2.20. The molecule has 98 valence electrons. The molecule has 1 aromatic heterocycles. The van der Waals surface area contributed by atoms with Crippen LogP contribution in [0.25, 0.3) is 0 Å². The van der Waals surface area contributed by atoms with Crippen molar-refractivity contribution in [1.29, 1.82) is 0 Å². The zero-order valence-electron chi connectivity index (χ0n) is 10.8. The number of rotatable bonds is 3. The van der Waals surface area contributed by atoms with Gasteiger partial charge in [0, 0.05) is 0 Å². The number of carbonyl (C=O) groups is 1. The molecule has 0 fully saturated rings. The Kier molecular flexibility index (Phi) is 3.66. The smallest absolute Gasteiger partial charge is 0.260 e. The maximum absolute atomic E-state index is 12.2. The summed E-state index contributed by atoms with van der Waals surface area (Å²) in [6, 6.07) is 8.74. The summed E-state index contributed by atoms with van der Waals surface area (Å²) in [5.41, 5.74) is 7.54. The van der Waals surface area contributed by atoms with Crippen molar-refractivity contribution < 1.29 is 9.53 Å². The maximum atomic E-state index is 12.2. The topological polar surface area (TPSA) is 77.2 Å². The minimum Gasteiger partial charge on any atom is -0.496 e. The number of nitrogens with one attached hydrogen (secondary N) is 1. The van der Waals surface area contributed by atoms with Gasteiger partial charge >= 0.3 is 0 Å². The van der Waals surface area contributed by atoms with E-state index in [1.807, 2.05) is 13.0 Å². The first kappa shape index (κ1) is 12.9. The lowest BCUT2D eigenvalue weighted by molar-refractivity contribution is 0.102. The monoisotopic (exact) mass is 257 g/mol. The van der Waals surface area contributed by atoms with Crippen LogP contribution in [0.4, 0.5) is 11.5 Å². The van der Waals surface area contributed by atoms with Crippen molar-refractivity contribution in [3.05, 3.63) is 47.7 Å². The van der Waals surface area contributed by atoms with Gasteiger partial charge in [0.05, 0.1) is 24.6 Å². The summed E-state index contributed by atoms with van der Waals surface area (Å²) in [6.07, 6.45) is 1.49. The number of nitrogens with two attached hydrogens (primary N) is 1. The zero-order chi connectivity index (χ0) is 13.8. The molecule has 0 spiro atoms. The molecule has 0 aliphatic carbocycles. The molecule has 5 nitrogen and oxygen atoms in total. The lowest BCUT2D eigenvalue weighted by Crippen LogP contribution is -2.14.